The molecule has 0 radical (unpaired) electrons. The third-order valence-electron chi connectivity index (χ3n) is 4.61. The minimum atomic E-state index is -0.0232. The highest BCUT2D eigenvalue weighted by molar-refractivity contribution is 7.99. The molecule has 0 aliphatic rings. The van der Waals surface area contributed by atoms with E-state index in [1.54, 1.807) is 6.26 Å². The van der Waals surface area contributed by atoms with Gasteiger partial charge in [-0.3, -0.25) is 9.36 Å². The van der Waals surface area contributed by atoms with Gasteiger partial charge >= 0.3 is 0 Å². The minimum absolute atomic E-state index is 0.0232. The zero-order valence-electron chi connectivity index (χ0n) is 16.6. The van der Waals surface area contributed by atoms with E-state index in [-0.39, 0.29) is 5.91 Å². The lowest BCUT2D eigenvalue weighted by atomic mass is 10.1. The van der Waals surface area contributed by atoms with E-state index in [0.29, 0.717) is 18.7 Å². The van der Waals surface area contributed by atoms with Gasteiger partial charge < -0.3 is 9.73 Å². The number of aromatic nitrogens is 3. The van der Waals surface area contributed by atoms with Gasteiger partial charge in [-0.2, -0.15) is 0 Å². The average molecular weight is 419 g/mol. The molecule has 0 aliphatic heterocycles. The van der Waals surface area contributed by atoms with Crippen molar-refractivity contribution >= 4 is 23.4 Å². The van der Waals surface area contributed by atoms with Crippen molar-refractivity contribution in [3.63, 3.8) is 0 Å². The fraction of sp³-hybridized carbons (Fsp3) is 0.174. The summed E-state index contributed by atoms with van der Waals surface area (Å²) in [7, 11) is 0. The zero-order chi connectivity index (χ0) is 20.8. The molecule has 0 fully saturated rings. The molecule has 0 aliphatic carbocycles. The molecule has 0 saturated heterocycles. The summed E-state index contributed by atoms with van der Waals surface area (Å²) in [5.74, 6) is 2.20. The largest absolute Gasteiger partial charge is 0.467 e. The number of carbonyl (C=O) groups excluding carboxylic acids is 1. The number of nitrogens with one attached hydrogen (secondary N) is 1. The van der Waals surface area contributed by atoms with Crippen LogP contribution in [0.25, 0.3) is 11.4 Å². The smallest absolute Gasteiger partial charge is 0.225 e. The van der Waals surface area contributed by atoms with E-state index < -0.39 is 0 Å². The van der Waals surface area contributed by atoms with Crippen LogP contribution in [0.2, 0.25) is 0 Å². The Labute approximate surface area is 179 Å². The molecule has 152 valence electrons. The highest BCUT2D eigenvalue weighted by Crippen LogP contribution is 2.27. The van der Waals surface area contributed by atoms with Crippen LogP contribution >= 0.6 is 11.8 Å². The maximum absolute atomic E-state index is 12.2. The number of furan rings is 1. The first kappa shape index (κ1) is 20.0. The molecule has 1 N–H and O–H groups in total. The molecule has 2 heterocycles. The molecule has 4 rings (SSSR count). The number of para-hydroxylation sites is 1. The molecule has 4 aromatic rings. The SMILES string of the molecule is Cc1ccccc1-c1nnc(SCCC(=O)Nc2ccccc2)n1Cc1ccco1. The van der Waals surface area contributed by atoms with Crippen LogP contribution in [0.5, 0.6) is 0 Å². The number of carbonyl (C=O) groups is 1. The Bertz CT molecular complexity index is 1110. The standard InChI is InChI=1S/C23H22N4O2S/c1-17-8-5-6-12-20(17)22-25-26-23(27(22)16-19-11-7-14-29-19)30-15-13-21(28)24-18-9-3-2-4-10-18/h2-12,14H,13,15-16H2,1H3,(H,24,28). The van der Waals surface area contributed by atoms with Gasteiger partial charge in [0.15, 0.2) is 11.0 Å². The summed E-state index contributed by atoms with van der Waals surface area (Å²) < 4.78 is 7.58. The molecule has 30 heavy (non-hydrogen) atoms. The summed E-state index contributed by atoms with van der Waals surface area (Å²) in [6.45, 7) is 2.59. The summed E-state index contributed by atoms with van der Waals surface area (Å²) in [4.78, 5) is 12.2. The molecule has 0 unspecified atom stereocenters. The van der Waals surface area contributed by atoms with Gasteiger partial charge in [0, 0.05) is 23.4 Å². The number of hydrogen-bond acceptors (Lipinski definition) is 5. The lowest BCUT2D eigenvalue weighted by Gasteiger charge is -2.10. The van der Waals surface area contributed by atoms with Crippen LogP contribution in [0.1, 0.15) is 17.7 Å². The molecular weight excluding hydrogens is 396 g/mol. The molecule has 1 amide bonds. The van der Waals surface area contributed by atoms with Crippen LogP contribution in [-0.2, 0) is 11.3 Å². The van der Waals surface area contributed by atoms with Crippen LogP contribution in [0.3, 0.4) is 0 Å². The van der Waals surface area contributed by atoms with Crippen molar-refractivity contribution < 1.29 is 9.21 Å². The number of nitrogens with zero attached hydrogens (tertiary/aromatic N) is 3. The molecule has 6 nitrogen and oxygen atoms in total. The first-order valence-corrected chi connectivity index (χ1v) is 10.7. The van der Waals surface area contributed by atoms with E-state index in [0.717, 1.165) is 33.6 Å². The Morgan fingerprint density at radius 2 is 1.83 bits per heavy atom. The highest BCUT2D eigenvalue weighted by Gasteiger charge is 2.17. The first-order valence-electron chi connectivity index (χ1n) is 9.70. The van der Waals surface area contributed by atoms with E-state index in [4.69, 9.17) is 4.42 Å². The van der Waals surface area contributed by atoms with E-state index in [2.05, 4.69) is 28.5 Å². The fourth-order valence-corrected chi connectivity index (χ4v) is 3.97. The topological polar surface area (TPSA) is 73.0 Å². The lowest BCUT2D eigenvalue weighted by Crippen LogP contribution is -2.12. The Morgan fingerprint density at radius 1 is 1.03 bits per heavy atom. The zero-order valence-corrected chi connectivity index (χ0v) is 17.4. The first-order chi connectivity index (χ1) is 14.7. The van der Waals surface area contributed by atoms with Gasteiger partial charge in [-0.25, -0.2) is 0 Å². The monoisotopic (exact) mass is 418 g/mol. The summed E-state index contributed by atoms with van der Waals surface area (Å²) in [5, 5.41) is 12.5. The minimum Gasteiger partial charge on any atom is -0.467 e. The van der Waals surface area contributed by atoms with Gasteiger partial charge in [0.2, 0.25) is 5.91 Å². The van der Waals surface area contributed by atoms with Gasteiger partial charge in [0.1, 0.15) is 5.76 Å². The lowest BCUT2D eigenvalue weighted by molar-refractivity contribution is -0.115. The number of amides is 1. The third kappa shape index (κ3) is 4.80. The Kier molecular flexibility index (Phi) is 6.29. The quantitative estimate of drug-likeness (QED) is 0.407. The van der Waals surface area contributed by atoms with E-state index in [1.165, 1.54) is 11.8 Å². The van der Waals surface area contributed by atoms with Gasteiger partial charge in [-0.1, -0.05) is 54.2 Å². The van der Waals surface area contributed by atoms with Crippen molar-refractivity contribution in [1.29, 1.82) is 0 Å². The third-order valence-corrected chi connectivity index (χ3v) is 5.58. The second-order valence-electron chi connectivity index (χ2n) is 6.80. The van der Waals surface area contributed by atoms with Crippen LogP contribution in [0.15, 0.2) is 82.6 Å². The van der Waals surface area contributed by atoms with Crippen LogP contribution in [-0.4, -0.2) is 26.4 Å². The number of rotatable bonds is 8. The number of aryl methyl sites for hydroxylation is 1. The fourth-order valence-electron chi connectivity index (χ4n) is 3.10. The van der Waals surface area contributed by atoms with Crippen LogP contribution in [0, 0.1) is 6.92 Å². The normalized spacial score (nSPS) is 10.8. The Hall–Kier alpha value is -3.32. The van der Waals surface area contributed by atoms with Crippen LogP contribution < -0.4 is 5.32 Å². The highest BCUT2D eigenvalue weighted by atomic mass is 32.2. The van der Waals surface area contributed by atoms with Gasteiger partial charge in [0.05, 0.1) is 12.8 Å². The summed E-state index contributed by atoms with van der Waals surface area (Å²) in [6.07, 6.45) is 2.04. The van der Waals surface area contributed by atoms with Gasteiger partial charge in [-0.15, -0.1) is 10.2 Å². The van der Waals surface area contributed by atoms with Crippen molar-refractivity contribution in [3.8, 4) is 11.4 Å². The number of hydrogen-bond donors (Lipinski definition) is 1. The number of benzene rings is 2. The number of thioether (sulfide) groups is 1. The predicted molar refractivity (Wildman–Crippen MR) is 118 cm³/mol. The predicted octanol–water partition coefficient (Wildman–Crippen LogP) is 5.02. The molecule has 0 saturated carbocycles. The van der Waals surface area contributed by atoms with E-state index >= 15 is 0 Å². The van der Waals surface area contributed by atoms with Gasteiger partial charge in [-0.05, 0) is 36.8 Å². The van der Waals surface area contributed by atoms with Crippen LogP contribution in [0.4, 0.5) is 5.69 Å². The molecule has 7 heteroatoms. The summed E-state index contributed by atoms with van der Waals surface area (Å²) in [5.41, 5.74) is 2.96. The maximum Gasteiger partial charge on any atom is 0.225 e. The van der Waals surface area contributed by atoms with Crippen molar-refractivity contribution in [1.82, 2.24) is 14.8 Å². The molecule has 0 bridgehead atoms. The maximum atomic E-state index is 12.2. The molecular formula is C23H22N4O2S. The molecule has 2 aromatic carbocycles. The van der Waals surface area contributed by atoms with Gasteiger partial charge in [0.25, 0.3) is 0 Å². The van der Waals surface area contributed by atoms with E-state index in [9.17, 15) is 4.79 Å². The number of anilines is 1. The average Bonchev–Trinajstić information content (AvgIpc) is 3.40. The summed E-state index contributed by atoms with van der Waals surface area (Å²) in [6, 6.07) is 21.4. The Morgan fingerprint density at radius 3 is 2.60 bits per heavy atom. The summed E-state index contributed by atoms with van der Waals surface area (Å²) >= 11 is 1.52. The molecule has 0 atom stereocenters. The van der Waals surface area contributed by atoms with E-state index in [1.807, 2.05) is 65.2 Å². The van der Waals surface area contributed by atoms with Crippen molar-refractivity contribution in [2.75, 3.05) is 11.1 Å². The molecule has 0 spiro atoms. The second-order valence-corrected chi connectivity index (χ2v) is 7.86. The second kappa shape index (κ2) is 9.45. The molecule has 2 aromatic heterocycles. The van der Waals surface area contributed by atoms with Crippen molar-refractivity contribution in [2.24, 2.45) is 0 Å². The Balaban J connectivity index is 1.48. The van der Waals surface area contributed by atoms with Crippen molar-refractivity contribution in [2.45, 2.75) is 25.0 Å². The van der Waals surface area contributed by atoms with Crippen molar-refractivity contribution in [3.05, 3.63) is 84.3 Å².